The van der Waals surface area contributed by atoms with Crippen molar-refractivity contribution >= 4 is 0 Å². The van der Waals surface area contributed by atoms with Crippen LogP contribution in [0.1, 0.15) is 17.9 Å². The number of hydrogen-bond acceptors (Lipinski definition) is 7. The first-order valence-corrected chi connectivity index (χ1v) is 8.11. The minimum absolute atomic E-state index is 0.280. The van der Waals surface area contributed by atoms with Crippen LogP contribution in [-0.2, 0) is 11.3 Å². The van der Waals surface area contributed by atoms with Crippen molar-refractivity contribution in [3.63, 3.8) is 0 Å². The second-order valence-electron chi connectivity index (χ2n) is 6.11. The van der Waals surface area contributed by atoms with Gasteiger partial charge in [0.2, 0.25) is 0 Å². The highest BCUT2D eigenvalue weighted by molar-refractivity contribution is 5.17. The monoisotopic (exact) mass is 364 g/mol. The van der Waals surface area contributed by atoms with Gasteiger partial charge >= 0.3 is 5.69 Å². The van der Waals surface area contributed by atoms with E-state index in [-0.39, 0.29) is 6.54 Å². The van der Waals surface area contributed by atoms with Crippen LogP contribution in [0.4, 0.5) is 0 Å². The molecule has 5 atom stereocenters. The third kappa shape index (κ3) is 3.35. The van der Waals surface area contributed by atoms with Gasteiger partial charge in [-0.2, -0.15) is 0 Å². The fraction of sp³-hybridized carbons (Fsp3) is 0.412. The Morgan fingerprint density at radius 3 is 2.38 bits per heavy atom. The van der Waals surface area contributed by atoms with Gasteiger partial charge in [0.25, 0.3) is 5.56 Å². The van der Waals surface area contributed by atoms with Crippen molar-refractivity contribution in [1.82, 2.24) is 9.13 Å². The summed E-state index contributed by atoms with van der Waals surface area (Å²) in [4.78, 5) is 24.8. The van der Waals surface area contributed by atoms with Crippen molar-refractivity contribution in [3.05, 3.63) is 69.0 Å². The molecule has 0 radical (unpaired) electrons. The smallest absolute Gasteiger partial charge is 0.333 e. The molecule has 1 aromatic carbocycles. The lowest BCUT2D eigenvalue weighted by Gasteiger charge is -2.19. The van der Waals surface area contributed by atoms with Gasteiger partial charge in [-0.1, -0.05) is 30.3 Å². The van der Waals surface area contributed by atoms with E-state index in [0.29, 0.717) is 5.56 Å². The van der Waals surface area contributed by atoms with Crippen molar-refractivity contribution in [2.24, 2.45) is 0 Å². The summed E-state index contributed by atoms with van der Waals surface area (Å²) < 4.78 is 7.11. The first-order chi connectivity index (χ1) is 12.4. The molecule has 4 N–H and O–H groups in total. The summed E-state index contributed by atoms with van der Waals surface area (Å²) in [5, 5.41) is 39.4. The van der Waals surface area contributed by atoms with Gasteiger partial charge in [0, 0.05) is 12.3 Å². The van der Waals surface area contributed by atoms with E-state index in [4.69, 9.17) is 9.84 Å². The zero-order valence-electron chi connectivity index (χ0n) is 13.8. The van der Waals surface area contributed by atoms with Gasteiger partial charge in [-0.15, -0.1) is 0 Å². The maximum atomic E-state index is 12.7. The molecule has 26 heavy (non-hydrogen) atoms. The highest BCUT2D eigenvalue weighted by atomic mass is 16.6. The zero-order chi connectivity index (χ0) is 18.8. The fourth-order valence-electron chi connectivity index (χ4n) is 2.96. The SMILES string of the molecule is O=c1ccn([C@@H]2O[C@H](CO)[C@@H](O)[C@H]2O)c(=O)n1C[C@H](O)c1ccccc1. The van der Waals surface area contributed by atoms with Crippen LogP contribution in [0.5, 0.6) is 0 Å². The number of hydrogen-bond donors (Lipinski definition) is 4. The van der Waals surface area contributed by atoms with Crippen LogP contribution >= 0.6 is 0 Å². The van der Waals surface area contributed by atoms with Crippen LogP contribution in [-0.4, -0.2) is 54.5 Å². The Bertz CT molecular complexity index is 863. The number of rotatable bonds is 5. The molecule has 0 amide bonds. The first-order valence-electron chi connectivity index (χ1n) is 8.11. The molecule has 2 aromatic rings. The molecule has 0 unspecified atom stereocenters. The minimum atomic E-state index is -1.45. The standard InChI is InChI=1S/C17H20N2O7/c20-9-12-14(23)15(24)16(26-12)18-7-6-13(22)19(17(18)25)8-11(21)10-4-2-1-3-5-10/h1-7,11-12,14-16,20-21,23-24H,8-9H2/t11-,12+,14+,15+,16+/m0/s1. The van der Waals surface area contributed by atoms with Crippen LogP contribution < -0.4 is 11.2 Å². The molecule has 9 nitrogen and oxygen atoms in total. The van der Waals surface area contributed by atoms with Crippen LogP contribution in [0.15, 0.2) is 52.2 Å². The van der Waals surface area contributed by atoms with Crippen molar-refractivity contribution in [1.29, 1.82) is 0 Å². The molecule has 0 saturated carbocycles. The summed E-state index contributed by atoms with van der Waals surface area (Å²) in [5.41, 5.74) is -0.877. The quantitative estimate of drug-likeness (QED) is 0.500. The molecule has 9 heteroatoms. The Morgan fingerprint density at radius 2 is 1.77 bits per heavy atom. The fourth-order valence-corrected chi connectivity index (χ4v) is 2.96. The molecule has 1 aliphatic rings. The number of aliphatic hydroxyl groups excluding tert-OH is 4. The van der Waals surface area contributed by atoms with Crippen molar-refractivity contribution in [2.45, 2.75) is 37.2 Å². The molecule has 0 aliphatic carbocycles. The minimum Gasteiger partial charge on any atom is -0.394 e. The topological polar surface area (TPSA) is 134 Å². The van der Waals surface area contributed by atoms with Gasteiger partial charge in [-0.05, 0) is 5.56 Å². The zero-order valence-corrected chi connectivity index (χ0v) is 13.8. The molecular weight excluding hydrogens is 344 g/mol. The lowest BCUT2D eigenvalue weighted by atomic mass is 10.1. The average molecular weight is 364 g/mol. The lowest BCUT2D eigenvalue weighted by molar-refractivity contribution is -0.0558. The van der Waals surface area contributed by atoms with Gasteiger partial charge in [0.05, 0.1) is 19.3 Å². The Balaban J connectivity index is 1.93. The molecule has 1 aromatic heterocycles. The number of benzene rings is 1. The highest BCUT2D eigenvalue weighted by Gasteiger charge is 2.43. The van der Waals surface area contributed by atoms with E-state index < -0.39 is 48.5 Å². The Labute approximate surface area is 148 Å². The molecule has 0 bridgehead atoms. The van der Waals surface area contributed by atoms with Gasteiger partial charge in [-0.25, -0.2) is 4.79 Å². The summed E-state index contributed by atoms with van der Waals surface area (Å²) >= 11 is 0. The van der Waals surface area contributed by atoms with Gasteiger partial charge < -0.3 is 25.2 Å². The molecule has 2 heterocycles. The van der Waals surface area contributed by atoms with E-state index in [1.54, 1.807) is 30.3 Å². The maximum absolute atomic E-state index is 12.7. The Kier molecular flexibility index (Phi) is 5.35. The molecule has 3 rings (SSSR count). The average Bonchev–Trinajstić information content (AvgIpc) is 2.94. The van der Waals surface area contributed by atoms with E-state index in [9.17, 15) is 24.9 Å². The summed E-state index contributed by atoms with van der Waals surface area (Å²) in [5.74, 6) is 0. The van der Waals surface area contributed by atoms with Gasteiger partial charge in [0.1, 0.15) is 18.3 Å². The summed E-state index contributed by atoms with van der Waals surface area (Å²) in [6.45, 7) is -0.812. The Morgan fingerprint density at radius 1 is 1.08 bits per heavy atom. The van der Waals surface area contributed by atoms with E-state index in [1.807, 2.05) is 0 Å². The number of nitrogens with zero attached hydrogens (tertiary/aromatic N) is 2. The van der Waals surface area contributed by atoms with Gasteiger partial charge in [0.15, 0.2) is 6.23 Å². The molecular formula is C17H20N2O7. The largest absolute Gasteiger partial charge is 0.394 e. The van der Waals surface area contributed by atoms with E-state index in [2.05, 4.69) is 0 Å². The summed E-state index contributed by atoms with van der Waals surface area (Å²) in [6.07, 6.45) is -5.05. The number of aromatic nitrogens is 2. The predicted octanol–water partition coefficient (Wildman–Crippen LogP) is -1.64. The van der Waals surface area contributed by atoms with Crippen molar-refractivity contribution < 1.29 is 25.2 Å². The number of aliphatic hydroxyl groups is 4. The normalized spacial score (nSPS) is 26.8. The van der Waals surface area contributed by atoms with Crippen molar-refractivity contribution in [3.8, 4) is 0 Å². The van der Waals surface area contributed by atoms with Crippen LogP contribution in [0.25, 0.3) is 0 Å². The molecule has 1 fully saturated rings. The lowest BCUT2D eigenvalue weighted by Crippen LogP contribution is -2.43. The molecule has 140 valence electrons. The second-order valence-corrected chi connectivity index (χ2v) is 6.11. The van der Waals surface area contributed by atoms with Crippen LogP contribution in [0, 0.1) is 0 Å². The van der Waals surface area contributed by atoms with E-state index in [0.717, 1.165) is 21.4 Å². The second kappa shape index (κ2) is 7.52. The van der Waals surface area contributed by atoms with Crippen LogP contribution in [0.3, 0.4) is 0 Å². The van der Waals surface area contributed by atoms with Crippen LogP contribution in [0.2, 0.25) is 0 Å². The van der Waals surface area contributed by atoms with Crippen molar-refractivity contribution in [2.75, 3.05) is 6.61 Å². The molecule has 0 spiro atoms. The third-order valence-corrected chi connectivity index (χ3v) is 4.43. The summed E-state index contributed by atoms with van der Waals surface area (Å²) in [6, 6.07) is 9.67. The first kappa shape index (κ1) is 18.5. The molecule has 1 aliphatic heterocycles. The number of ether oxygens (including phenoxy) is 1. The summed E-state index contributed by atoms with van der Waals surface area (Å²) in [7, 11) is 0. The predicted molar refractivity (Wildman–Crippen MR) is 89.4 cm³/mol. The van der Waals surface area contributed by atoms with E-state index >= 15 is 0 Å². The maximum Gasteiger partial charge on any atom is 0.333 e. The Hall–Kier alpha value is -2.30. The highest BCUT2D eigenvalue weighted by Crippen LogP contribution is 2.27. The van der Waals surface area contributed by atoms with Gasteiger partial charge in [-0.3, -0.25) is 13.9 Å². The molecule has 1 saturated heterocycles. The van der Waals surface area contributed by atoms with E-state index in [1.165, 1.54) is 0 Å². The third-order valence-electron chi connectivity index (χ3n) is 4.43.